The summed E-state index contributed by atoms with van der Waals surface area (Å²) in [5, 5.41) is 12.7. The number of hydrazine groups is 1. The second-order valence-electron chi connectivity index (χ2n) is 7.16. The van der Waals surface area contributed by atoms with E-state index in [1.807, 2.05) is 54.6 Å². The molecule has 2 atom stereocenters. The maximum absolute atomic E-state index is 13.3. The fraction of sp³-hybridized carbons (Fsp3) is 0.136. The molecule has 0 aliphatic carbocycles. The molecule has 5 rings (SSSR count). The Hall–Kier alpha value is -3.87. The number of amides is 1. The van der Waals surface area contributed by atoms with Crippen LogP contribution in [0, 0.1) is 10.1 Å². The van der Waals surface area contributed by atoms with Gasteiger partial charge in [-0.15, -0.1) is 0 Å². The number of benzene rings is 3. The van der Waals surface area contributed by atoms with Crippen molar-refractivity contribution in [1.82, 2.24) is 5.01 Å². The Bertz CT molecular complexity index is 1080. The summed E-state index contributed by atoms with van der Waals surface area (Å²) >= 11 is 0. The number of nitro benzene ring substituents is 1. The predicted molar refractivity (Wildman–Crippen MR) is 109 cm³/mol. The third kappa shape index (κ3) is 2.79. The van der Waals surface area contributed by atoms with Crippen LogP contribution in [0.4, 0.5) is 17.1 Å². The minimum absolute atomic E-state index is 0.0200. The van der Waals surface area contributed by atoms with Gasteiger partial charge in [-0.25, -0.2) is 5.01 Å². The van der Waals surface area contributed by atoms with E-state index in [-0.39, 0.29) is 17.6 Å². The van der Waals surface area contributed by atoms with Gasteiger partial charge in [0, 0.05) is 24.2 Å². The molecular weight excluding hydrogens is 368 g/mol. The van der Waals surface area contributed by atoms with Crippen molar-refractivity contribution in [1.29, 1.82) is 0 Å². The van der Waals surface area contributed by atoms with E-state index >= 15 is 0 Å². The van der Waals surface area contributed by atoms with Crippen molar-refractivity contribution in [2.45, 2.75) is 18.6 Å². The highest BCUT2D eigenvalue weighted by Gasteiger charge is 2.51. The van der Waals surface area contributed by atoms with Gasteiger partial charge < -0.3 is 4.90 Å². The van der Waals surface area contributed by atoms with E-state index in [4.69, 9.17) is 0 Å². The molecule has 2 heterocycles. The standard InChI is InChI=1S/C22H18N4O3/c27-22-20-14-16-6-4-5-9-19(16)24(20)21(15-10-12-18(13-11-15)26(28)29)25(22)23-17-7-2-1-3-8-17/h1-13,20-21,23H,14H2/t20-,21+/m0/s1. The first kappa shape index (κ1) is 17.2. The van der Waals surface area contributed by atoms with Gasteiger partial charge in [0.15, 0.2) is 6.17 Å². The minimum Gasteiger partial charge on any atom is -0.333 e. The molecule has 0 saturated carbocycles. The number of nitro groups is 1. The van der Waals surface area contributed by atoms with Crippen LogP contribution in [0.2, 0.25) is 0 Å². The monoisotopic (exact) mass is 386 g/mol. The number of nitrogens with zero attached hydrogens (tertiary/aromatic N) is 3. The lowest BCUT2D eigenvalue weighted by atomic mass is 10.1. The summed E-state index contributed by atoms with van der Waals surface area (Å²) < 4.78 is 0. The summed E-state index contributed by atoms with van der Waals surface area (Å²) in [5.74, 6) is -0.0200. The number of nitrogens with one attached hydrogen (secondary N) is 1. The van der Waals surface area contributed by atoms with Gasteiger partial charge in [0.1, 0.15) is 6.04 Å². The number of carbonyl (C=O) groups is 1. The van der Waals surface area contributed by atoms with Crippen molar-refractivity contribution in [3.8, 4) is 0 Å². The van der Waals surface area contributed by atoms with Crippen LogP contribution >= 0.6 is 0 Å². The average Bonchev–Trinajstić information content (AvgIpc) is 3.25. The number of rotatable bonds is 4. The molecule has 7 heteroatoms. The number of hydrogen-bond acceptors (Lipinski definition) is 5. The molecule has 0 unspecified atom stereocenters. The number of para-hydroxylation sites is 2. The van der Waals surface area contributed by atoms with Gasteiger partial charge in [-0.3, -0.25) is 20.3 Å². The summed E-state index contributed by atoms with van der Waals surface area (Å²) in [6, 6.07) is 23.6. The molecule has 1 fully saturated rings. The molecule has 7 nitrogen and oxygen atoms in total. The highest BCUT2D eigenvalue weighted by atomic mass is 16.6. The van der Waals surface area contributed by atoms with Gasteiger partial charge in [0.2, 0.25) is 0 Å². The van der Waals surface area contributed by atoms with Crippen molar-refractivity contribution in [3.05, 3.63) is 100 Å². The van der Waals surface area contributed by atoms with Crippen molar-refractivity contribution in [3.63, 3.8) is 0 Å². The van der Waals surface area contributed by atoms with E-state index in [1.165, 1.54) is 12.1 Å². The highest BCUT2D eigenvalue weighted by Crippen LogP contribution is 2.45. The summed E-state index contributed by atoms with van der Waals surface area (Å²) in [6.07, 6.45) is 0.239. The Kier molecular flexibility index (Phi) is 3.94. The second-order valence-corrected chi connectivity index (χ2v) is 7.16. The van der Waals surface area contributed by atoms with Crippen LogP contribution in [-0.2, 0) is 11.2 Å². The third-order valence-electron chi connectivity index (χ3n) is 5.47. The van der Waals surface area contributed by atoms with E-state index in [0.29, 0.717) is 6.42 Å². The molecule has 1 saturated heterocycles. The lowest BCUT2D eigenvalue weighted by molar-refractivity contribution is -0.384. The van der Waals surface area contributed by atoms with Gasteiger partial charge in [-0.1, -0.05) is 36.4 Å². The molecule has 2 aliphatic rings. The van der Waals surface area contributed by atoms with E-state index in [9.17, 15) is 14.9 Å². The Labute approximate surface area is 167 Å². The normalized spacial score (nSPS) is 19.8. The molecule has 0 spiro atoms. The Morgan fingerprint density at radius 3 is 2.34 bits per heavy atom. The molecule has 1 amide bonds. The zero-order valence-electron chi connectivity index (χ0n) is 15.4. The van der Waals surface area contributed by atoms with E-state index in [2.05, 4.69) is 10.3 Å². The van der Waals surface area contributed by atoms with Crippen LogP contribution in [0.15, 0.2) is 78.9 Å². The highest BCUT2D eigenvalue weighted by molar-refractivity contribution is 5.93. The first-order valence-electron chi connectivity index (χ1n) is 9.39. The molecule has 3 aromatic carbocycles. The lowest BCUT2D eigenvalue weighted by Gasteiger charge is -2.31. The predicted octanol–water partition coefficient (Wildman–Crippen LogP) is 3.89. The zero-order valence-corrected chi connectivity index (χ0v) is 15.4. The molecule has 1 N–H and O–H groups in total. The van der Waals surface area contributed by atoms with E-state index < -0.39 is 11.1 Å². The third-order valence-corrected chi connectivity index (χ3v) is 5.47. The molecule has 144 valence electrons. The Morgan fingerprint density at radius 2 is 1.62 bits per heavy atom. The van der Waals surface area contributed by atoms with Crippen molar-refractivity contribution in [2.75, 3.05) is 10.3 Å². The molecular formula is C22H18N4O3. The zero-order chi connectivity index (χ0) is 20.0. The molecule has 29 heavy (non-hydrogen) atoms. The first-order chi connectivity index (χ1) is 14.1. The molecule has 3 aromatic rings. The molecule has 2 aliphatic heterocycles. The van der Waals surface area contributed by atoms with E-state index in [1.54, 1.807) is 17.1 Å². The van der Waals surface area contributed by atoms with Gasteiger partial charge in [0.25, 0.3) is 11.6 Å². The summed E-state index contributed by atoms with van der Waals surface area (Å²) in [6.45, 7) is 0. The number of hydrogen-bond donors (Lipinski definition) is 1. The second kappa shape index (κ2) is 6.63. The molecule has 0 bridgehead atoms. The Balaban J connectivity index is 1.59. The first-order valence-corrected chi connectivity index (χ1v) is 9.39. The maximum atomic E-state index is 13.3. The fourth-order valence-electron chi connectivity index (χ4n) is 4.17. The van der Waals surface area contributed by atoms with Gasteiger partial charge in [-0.2, -0.15) is 0 Å². The van der Waals surface area contributed by atoms with Crippen LogP contribution in [0.3, 0.4) is 0 Å². The number of non-ortho nitro benzene ring substituents is 1. The van der Waals surface area contributed by atoms with Crippen LogP contribution in [0.5, 0.6) is 0 Å². The molecule has 0 aromatic heterocycles. The summed E-state index contributed by atoms with van der Waals surface area (Å²) in [4.78, 5) is 26.1. The van der Waals surface area contributed by atoms with Crippen LogP contribution in [0.1, 0.15) is 17.3 Å². The Morgan fingerprint density at radius 1 is 0.931 bits per heavy atom. The number of carbonyl (C=O) groups excluding carboxylic acids is 1. The fourth-order valence-corrected chi connectivity index (χ4v) is 4.17. The minimum atomic E-state index is -0.419. The topological polar surface area (TPSA) is 78.7 Å². The van der Waals surface area contributed by atoms with Crippen molar-refractivity contribution in [2.24, 2.45) is 0 Å². The molecule has 0 radical (unpaired) electrons. The van der Waals surface area contributed by atoms with Gasteiger partial charge in [-0.05, 0) is 41.5 Å². The van der Waals surface area contributed by atoms with Crippen LogP contribution < -0.4 is 10.3 Å². The largest absolute Gasteiger partial charge is 0.333 e. The lowest BCUT2D eigenvalue weighted by Crippen LogP contribution is -2.37. The SMILES string of the molecule is O=C1[C@@H]2Cc3ccccc3N2[C@@H](c2ccc([N+](=O)[O-])cc2)N1Nc1ccccc1. The number of anilines is 2. The van der Waals surface area contributed by atoms with Gasteiger partial charge >= 0.3 is 0 Å². The van der Waals surface area contributed by atoms with Gasteiger partial charge in [0.05, 0.1) is 10.6 Å². The smallest absolute Gasteiger partial charge is 0.269 e. The maximum Gasteiger partial charge on any atom is 0.269 e. The summed E-state index contributed by atoms with van der Waals surface area (Å²) in [7, 11) is 0. The van der Waals surface area contributed by atoms with E-state index in [0.717, 1.165) is 22.5 Å². The number of fused-ring (bicyclic) bond motifs is 3. The summed E-state index contributed by atoms with van der Waals surface area (Å²) in [5.41, 5.74) is 7.05. The average molecular weight is 386 g/mol. The van der Waals surface area contributed by atoms with Crippen molar-refractivity contribution < 1.29 is 9.72 Å². The quantitative estimate of drug-likeness (QED) is 0.544. The van der Waals surface area contributed by atoms with Crippen LogP contribution in [-0.4, -0.2) is 21.9 Å². The van der Waals surface area contributed by atoms with Crippen molar-refractivity contribution >= 4 is 23.0 Å². The van der Waals surface area contributed by atoms with Crippen LogP contribution in [0.25, 0.3) is 0 Å².